The first-order valence-electron chi connectivity index (χ1n) is 12.9. The van der Waals surface area contributed by atoms with Gasteiger partial charge in [0.05, 0.1) is 0 Å². The minimum absolute atomic E-state index is 0.000113. The molecule has 0 spiro atoms. The summed E-state index contributed by atoms with van der Waals surface area (Å²) in [4.78, 5) is 0. The van der Waals surface area contributed by atoms with Crippen molar-refractivity contribution in [3.05, 3.63) is 0 Å². The van der Waals surface area contributed by atoms with Crippen LogP contribution < -0.4 is 0 Å². The quantitative estimate of drug-likeness (QED) is 0.274. The molecule has 1 radical (unpaired) electrons. The van der Waals surface area contributed by atoms with E-state index in [1.165, 1.54) is 0 Å². The molecule has 187 valence electrons. The number of hydrogen-bond donors (Lipinski definition) is 0. The van der Waals surface area contributed by atoms with E-state index in [-0.39, 0.29) is 33.0 Å². The normalized spacial score (nSPS) is 15.1. The lowest BCUT2D eigenvalue weighted by Gasteiger charge is -2.60. The van der Waals surface area contributed by atoms with E-state index in [9.17, 15) is 0 Å². The first-order valence-corrected chi connectivity index (χ1v) is 14.3. The summed E-state index contributed by atoms with van der Waals surface area (Å²) in [7, 11) is 0. The predicted molar refractivity (Wildman–Crippen MR) is 137 cm³/mol. The van der Waals surface area contributed by atoms with Crippen LogP contribution in [0.1, 0.15) is 142 Å². The fourth-order valence-electron chi connectivity index (χ4n) is 5.59. The van der Waals surface area contributed by atoms with E-state index in [0.29, 0.717) is 0 Å². The molecule has 0 saturated carbocycles. The molecule has 0 aromatic carbocycles. The van der Waals surface area contributed by atoms with Gasteiger partial charge in [-0.05, 0) is 54.8 Å². The minimum Gasteiger partial charge on any atom is -0.629 e. The first-order chi connectivity index (χ1) is 13.9. The van der Waals surface area contributed by atoms with Gasteiger partial charge in [0.1, 0.15) is 0 Å². The Labute approximate surface area is 201 Å². The van der Waals surface area contributed by atoms with Crippen molar-refractivity contribution in [3.63, 3.8) is 0 Å². The molecular formula is C27H57AlO3-. The maximum absolute atomic E-state index is 7.10. The van der Waals surface area contributed by atoms with Crippen LogP contribution in [-0.2, 0) is 11.4 Å². The summed E-state index contributed by atoms with van der Waals surface area (Å²) in [5.41, 5.74) is -0.791. The molecule has 0 saturated heterocycles. The molecule has 0 atom stereocenters. The SMILES string of the molecule is CCC(CC)([O][Al-]([O]C(CC)(CC)C(C)(C)C)[O]C(CC)(CC)C(C)(C)C)C(C)(C)C. The Morgan fingerprint density at radius 1 is 0.387 bits per heavy atom. The number of hydrogen-bond acceptors (Lipinski definition) is 3. The zero-order chi connectivity index (χ0) is 24.9. The number of rotatable bonds is 12. The lowest BCUT2D eigenvalue weighted by Crippen LogP contribution is -2.59. The van der Waals surface area contributed by atoms with Gasteiger partial charge < -0.3 is 11.4 Å². The second-order valence-electron chi connectivity index (χ2n) is 12.5. The molecule has 0 heterocycles. The summed E-state index contributed by atoms with van der Waals surface area (Å²) in [5, 5.41) is 0. The minimum atomic E-state index is -2.51. The molecule has 0 aromatic rings. The highest BCUT2D eigenvalue weighted by Crippen LogP contribution is 2.46. The Bertz CT molecular complexity index is 434. The van der Waals surface area contributed by atoms with E-state index in [1.54, 1.807) is 0 Å². The molecule has 0 N–H and O–H groups in total. The molecule has 3 nitrogen and oxygen atoms in total. The molecule has 0 bridgehead atoms. The third kappa shape index (κ3) is 6.73. The fraction of sp³-hybridized carbons (Fsp3) is 1.00. The molecule has 0 rings (SSSR count). The summed E-state index contributed by atoms with van der Waals surface area (Å²) in [5.74, 6) is 0. The topological polar surface area (TPSA) is 27.7 Å². The second kappa shape index (κ2) is 11.2. The highest BCUT2D eigenvalue weighted by Gasteiger charge is 2.47. The Hall–Kier alpha value is 0.412. The van der Waals surface area contributed by atoms with Crippen LogP contribution in [-0.4, -0.2) is 32.0 Å². The highest BCUT2D eigenvalue weighted by molar-refractivity contribution is 6.37. The highest BCUT2D eigenvalue weighted by atomic mass is 27.3. The summed E-state index contributed by atoms with van der Waals surface area (Å²) in [6, 6.07) is 0. The van der Waals surface area contributed by atoms with Crippen LogP contribution in [0.3, 0.4) is 0 Å². The molecule has 4 heteroatoms. The molecule has 31 heavy (non-hydrogen) atoms. The average Bonchev–Trinajstić information content (AvgIpc) is 2.64. The van der Waals surface area contributed by atoms with Crippen LogP contribution in [0.4, 0.5) is 0 Å². The van der Waals surface area contributed by atoms with Gasteiger partial charge in [0.15, 0.2) is 0 Å². The van der Waals surface area contributed by atoms with Crippen LogP contribution in [0.25, 0.3) is 0 Å². The summed E-state index contributed by atoms with van der Waals surface area (Å²) < 4.78 is 21.3. The zero-order valence-corrected chi connectivity index (χ0v) is 25.2. The summed E-state index contributed by atoms with van der Waals surface area (Å²) >= 11 is -2.51. The third-order valence-electron chi connectivity index (χ3n) is 8.49. The van der Waals surface area contributed by atoms with E-state index in [4.69, 9.17) is 11.4 Å². The largest absolute Gasteiger partial charge is 0.629 e. The second-order valence-corrected chi connectivity index (χ2v) is 13.8. The van der Waals surface area contributed by atoms with Crippen molar-refractivity contribution in [2.45, 2.75) is 159 Å². The maximum Gasteiger partial charge on any atom is 0.560 e. The fourth-order valence-corrected chi connectivity index (χ4v) is 8.90. The van der Waals surface area contributed by atoms with Crippen LogP contribution in [0.2, 0.25) is 0 Å². The third-order valence-corrected chi connectivity index (χ3v) is 10.4. The summed E-state index contributed by atoms with van der Waals surface area (Å²) in [6.45, 7) is 34.1. The van der Waals surface area contributed by atoms with Crippen LogP contribution in [0.15, 0.2) is 0 Å². The van der Waals surface area contributed by atoms with Gasteiger partial charge in [0, 0.05) is 16.8 Å². The van der Waals surface area contributed by atoms with Crippen molar-refractivity contribution in [3.8, 4) is 0 Å². The van der Waals surface area contributed by atoms with Gasteiger partial charge in [0.25, 0.3) is 0 Å². The Morgan fingerprint density at radius 2 is 0.548 bits per heavy atom. The zero-order valence-electron chi connectivity index (χ0n) is 24.0. The first kappa shape index (κ1) is 31.4. The van der Waals surface area contributed by atoms with E-state index in [2.05, 4.69) is 104 Å². The van der Waals surface area contributed by atoms with Crippen molar-refractivity contribution >= 4 is 15.1 Å². The van der Waals surface area contributed by atoms with Gasteiger partial charge in [-0.1, -0.05) is 104 Å². The molecule has 0 aliphatic heterocycles. The molecule has 0 aromatic heterocycles. The van der Waals surface area contributed by atoms with Crippen molar-refractivity contribution in [2.75, 3.05) is 0 Å². The summed E-state index contributed by atoms with van der Waals surface area (Å²) in [6.07, 6.45) is 5.69. The lowest BCUT2D eigenvalue weighted by molar-refractivity contribution is -0.164. The van der Waals surface area contributed by atoms with Gasteiger partial charge in [-0.2, -0.15) is 0 Å². The van der Waals surface area contributed by atoms with Crippen LogP contribution in [0, 0.1) is 16.2 Å². The smallest absolute Gasteiger partial charge is 0.560 e. The van der Waals surface area contributed by atoms with E-state index >= 15 is 0 Å². The molecule has 0 unspecified atom stereocenters. The predicted octanol–water partition coefficient (Wildman–Crippen LogP) is 8.84. The van der Waals surface area contributed by atoms with Crippen molar-refractivity contribution in [1.29, 1.82) is 0 Å². The molecule has 0 fully saturated rings. The molecule has 0 amide bonds. The lowest BCUT2D eigenvalue weighted by atomic mass is 9.73. The van der Waals surface area contributed by atoms with Crippen molar-refractivity contribution in [2.24, 2.45) is 16.2 Å². The Morgan fingerprint density at radius 3 is 0.645 bits per heavy atom. The Kier molecular flexibility index (Phi) is 11.4. The van der Waals surface area contributed by atoms with Gasteiger partial charge in [-0.15, -0.1) is 0 Å². The van der Waals surface area contributed by atoms with Gasteiger partial charge in [0.2, 0.25) is 0 Å². The molecular weight excluding hydrogens is 399 g/mol. The molecule has 0 aliphatic carbocycles. The van der Waals surface area contributed by atoms with Crippen LogP contribution in [0.5, 0.6) is 0 Å². The van der Waals surface area contributed by atoms with E-state index < -0.39 is 15.1 Å². The average molecular weight is 457 g/mol. The Balaban J connectivity index is 6.57. The van der Waals surface area contributed by atoms with Crippen molar-refractivity contribution in [1.82, 2.24) is 0 Å². The van der Waals surface area contributed by atoms with Gasteiger partial charge in [-0.3, -0.25) is 0 Å². The van der Waals surface area contributed by atoms with E-state index in [1.807, 2.05) is 0 Å². The van der Waals surface area contributed by atoms with Crippen molar-refractivity contribution < 1.29 is 11.4 Å². The monoisotopic (exact) mass is 456 g/mol. The van der Waals surface area contributed by atoms with Gasteiger partial charge >= 0.3 is 15.1 Å². The van der Waals surface area contributed by atoms with E-state index in [0.717, 1.165) is 38.5 Å². The van der Waals surface area contributed by atoms with Gasteiger partial charge in [-0.25, -0.2) is 0 Å². The van der Waals surface area contributed by atoms with Crippen LogP contribution >= 0.6 is 0 Å². The molecule has 0 aliphatic rings. The standard InChI is InChI=1S/3C9H19O.Al/c3*1-6-9(10,7-2)8(3,4)5;/h3*6-7H2,1-5H3;/q3*-1;+2. The maximum atomic E-state index is 7.10.